The van der Waals surface area contributed by atoms with E-state index in [9.17, 15) is 0 Å². The Hall–Kier alpha value is -0.510. The predicted molar refractivity (Wildman–Crippen MR) is 74.0 cm³/mol. The van der Waals surface area contributed by atoms with Gasteiger partial charge in [-0.05, 0) is 37.2 Å². The molecule has 0 bridgehead atoms. The molecule has 1 aromatic carbocycles. The molecule has 0 saturated carbocycles. The van der Waals surface area contributed by atoms with E-state index in [-0.39, 0.29) is 0 Å². The molecule has 0 aromatic heterocycles. The molecule has 0 amide bonds. The Bertz CT molecular complexity index is 251. The Balaban J connectivity index is 1.89. The van der Waals surface area contributed by atoms with Gasteiger partial charge in [-0.3, -0.25) is 0 Å². The maximum absolute atomic E-state index is 5.42. The predicted octanol–water partition coefficient (Wildman–Crippen LogP) is 1.90. The van der Waals surface area contributed by atoms with E-state index in [1.807, 2.05) is 11.8 Å². The van der Waals surface area contributed by atoms with Crippen LogP contribution in [0.15, 0.2) is 30.3 Å². The van der Waals surface area contributed by atoms with Gasteiger partial charge in [0, 0.05) is 12.3 Å². The van der Waals surface area contributed by atoms with Gasteiger partial charge in [0.2, 0.25) is 0 Å². The van der Waals surface area contributed by atoms with Crippen molar-refractivity contribution in [1.29, 1.82) is 0 Å². The maximum Gasteiger partial charge on any atom is 0.00558 e. The molecule has 0 fully saturated rings. The minimum absolute atomic E-state index is 0.798. The molecule has 0 atom stereocenters. The van der Waals surface area contributed by atoms with Gasteiger partial charge in [0.1, 0.15) is 0 Å². The SMILES string of the molecule is NCCSCCCNCCc1ccccc1. The number of thioether (sulfide) groups is 1. The summed E-state index contributed by atoms with van der Waals surface area (Å²) in [4.78, 5) is 0. The van der Waals surface area contributed by atoms with E-state index in [1.165, 1.54) is 17.7 Å². The summed E-state index contributed by atoms with van der Waals surface area (Å²) < 4.78 is 0. The first-order chi connectivity index (χ1) is 7.93. The molecule has 0 aliphatic carbocycles. The molecule has 0 aliphatic rings. The van der Waals surface area contributed by atoms with Crippen molar-refractivity contribution in [3.63, 3.8) is 0 Å². The van der Waals surface area contributed by atoms with Crippen molar-refractivity contribution < 1.29 is 0 Å². The van der Waals surface area contributed by atoms with Crippen molar-refractivity contribution in [2.24, 2.45) is 5.73 Å². The van der Waals surface area contributed by atoms with Crippen LogP contribution >= 0.6 is 11.8 Å². The van der Waals surface area contributed by atoms with E-state index in [0.29, 0.717) is 0 Å². The highest BCUT2D eigenvalue weighted by Crippen LogP contribution is 2.00. The van der Waals surface area contributed by atoms with Crippen LogP contribution in [0.5, 0.6) is 0 Å². The Morgan fingerprint density at radius 1 is 1.06 bits per heavy atom. The average molecular weight is 238 g/mol. The molecule has 3 heteroatoms. The van der Waals surface area contributed by atoms with Crippen LogP contribution in [-0.4, -0.2) is 31.1 Å². The lowest BCUT2D eigenvalue weighted by molar-refractivity contribution is 0.674. The van der Waals surface area contributed by atoms with Crippen LogP contribution in [0, 0.1) is 0 Å². The normalized spacial score (nSPS) is 10.6. The van der Waals surface area contributed by atoms with Crippen molar-refractivity contribution >= 4 is 11.8 Å². The zero-order chi connectivity index (χ0) is 11.5. The smallest absolute Gasteiger partial charge is 0.00558 e. The summed E-state index contributed by atoms with van der Waals surface area (Å²) in [7, 11) is 0. The van der Waals surface area contributed by atoms with Crippen molar-refractivity contribution in [3.05, 3.63) is 35.9 Å². The summed E-state index contributed by atoms with van der Waals surface area (Å²) in [5, 5.41) is 3.47. The van der Waals surface area contributed by atoms with Gasteiger partial charge in [-0.1, -0.05) is 30.3 Å². The molecule has 1 rings (SSSR count). The van der Waals surface area contributed by atoms with Gasteiger partial charge in [0.25, 0.3) is 0 Å². The lowest BCUT2D eigenvalue weighted by atomic mass is 10.1. The van der Waals surface area contributed by atoms with Crippen LogP contribution in [-0.2, 0) is 6.42 Å². The molecule has 0 aliphatic heterocycles. The highest BCUT2D eigenvalue weighted by Gasteiger charge is 1.92. The minimum Gasteiger partial charge on any atom is -0.330 e. The van der Waals surface area contributed by atoms with Crippen LogP contribution < -0.4 is 11.1 Å². The molecular weight excluding hydrogens is 216 g/mol. The monoisotopic (exact) mass is 238 g/mol. The van der Waals surface area contributed by atoms with E-state index in [4.69, 9.17) is 5.73 Å². The highest BCUT2D eigenvalue weighted by molar-refractivity contribution is 7.99. The van der Waals surface area contributed by atoms with Gasteiger partial charge >= 0.3 is 0 Å². The second-order valence-corrected chi connectivity index (χ2v) is 4.96. The van der Waals surface area contributed by atoms with Crippen molar-refractivity contribution in [1.82, 2.24) is 5.32 Å². The summed E-state index contributed by atoms with van der Waals surface area (Å²) in [6.07, 6.45) is 2.36. The Morgan fingerprint density at radius 3 is 2.62 bits per heavy atom. The number of hydrogen-bond donors (Lipinski definition) is 2. The third-order valence-electron chi connectivity index (χ3n) is 2.34. The molecule has 16 heavy (non-hydrogen) atoms. The summed E-state index contributed by atoms with van der Waals surface area (Å²) in [6.45, 7) is 2.99. The zero-order valence-electron chi connectivity index (χ0n) is 9.82. The minimum atomic E-state index is 0.798. The lowest BCUT2D eigenvalue weighted by Gasteiger charge is -2.04. The van der Waals surface area contributed by atoms with Gasteiger partial charge in [-0.25, -0.2) is 0 Å². The molecule has 0 saturated heterocycles. The fourth-order valence-corrected chi connectivity index (χ4v) is 2.21. The zero-order valence-corrected chi connectivity index (χ0v) is 10.6. The fourth-order valence-electron chi connectivity index (χ4n) is 1.49. The molecule has 0 radical (unpaired) electrons. The third kappa shape index (κ3) is 6.88. The van der Waals surface area contributed by atoms with E-state index < -0.39 is 0 Å². The first-order valence-corrected chi connectivity index (χ1v) is 7.11. The fraction of sp³-hybridized carbons (Fsp3) is 0.538. The molecule has 1 aromatic rings. The number of nitrogens with two attached hydrogens (primary N) is 1. The van der Waals surface area contributed by atoms with Gasteiger partial charge < -0.3 is 11.1 Å². The molecule has 90 valence electrons. The van der Waals surface area contributed by atoms with E-state index in [0.717, 1.165) is 31.8 Å². The Kier molecular flexibility index (Phi) is 8.22. The maximum atomic E-state index is 5.42. The van der Waals surface area contributed by atoms with Crippen LogP contribution in [0.2, 0.25) is 0 Å². The number of benzene rings is 1. The summed E-state index contributed by atoms with van der Waals surface area (Å²) >= 11 is 1.94. The third-order valence-corrected chi connectivity index (χ3v) is 3.44. The first kappa shape index (κ1) is 13.6. The van der Waals surface area contributed by atoms with Gasteiger partial charge in [-0.2, -0.15) is 11.8 Å². The standard InChI is InChI=1S/C13H22N2S/c14-8-12-16-11-4-9-15-10-7-13-5-2-1-3-6-13/h1-3,5-6,15H,4,7-12,14H2. The van der Waals surface area contributed by atoms with Crippen molar-refractivity contribution in [3.8, 4) is 0 Å². The van der Waals surface area contributed by atoms with Crippen LogP contribution in [0.25, 0.3) is 0 Å². The highest BCUT2D eigenvalue weighted by atomic mass is 32.2. The number of rotatable bonds is 9. The summed E-state index contributed by atoms with van der Waals surface area (Å²) in [6, 6.07) is 10.6. The number of hydrogen-bond acceptors (Lipinski definition) is 3. The average Bonchev–Trinajstić information content (AvgIpc) is 2.34. The second kappa shape index (κ2) is 9.70. The number of nitrogens with one attached hydrogen (secondary N) is 1. The van der Waals surface area contributed by atoms with Gasteiger partial charge in [0.05, 0.1) is 0 Å². The summed E-state index contributed by atoms with van der Waals surface area (Å²) in [5.74, 6) is 2.31. The first-order valence-electron chi connectivity index (χ1n) is 5.96. The van der Waals surface area contributed by atoms with E-state index in [2.05, 4.69) is 35.6 Å². The Morgan fingerprint density at radius 2 is 1.88 bits per heavy atom. The van der Waals surface area contributed by atoms with Crippen LogP contribution in [0.4, 0.5) is 0 Å². The Labute approximate surface area is 103 Å². The van der Waals surface area contributed by atoms with E-state index in [1.54, 1.807) is 0 Å². The van der Waals surface area contributed by atoms with Crippen molar-refractivity contribution in [2.45, 2.75) is 12.8 Å². The second-order valence-electron chi connectivity index (χ2n) is 3.74. The summed E-state index contributed by atoms with van der Waals surface area (Å²) in [5.41, 5.74) is 6.83. The molecule has 3 N–H and O–H groups in total. The molecule has 0 heterocycles. The molecular formula is C13H22N2S. The topological polar surface area (TPSA) is 38.0 Å². The lowest BCUT2D eigenvalue weighted by Crippen LogP contribution is -2.19. The van der Waals surface area contributed by atoms with Crippen molar-refractivity contribution in [2.75, 3.05) is 31.1 Å². The molecule has 0 spiro atoms. The van der Waals surface area contributed by atoms with Gasteiger partial charge in [-0.15, -0.1) is 0 Å². The van der Waals surface area contributed by atoms with Crippen LogP contribution in [0.1, 0.15) is 12.0 Å². The van der Waals surface area contributed by atoms with E-state index >= 15 is 0 Å². The van der Waals surface area contributed by atoms with Gasteiger partial charge in [0.15, 0.2) is 0 Å². The largest absolute Gasteiger partial charge is 0.330 e. The molecule has 0 unspecified atom stereocenters. The quantitative estimate of drug-likeness (QED) is 0.645. The molecule has 2 nitrogen and oxygen atoms in total. The van der Waals surface area contributed by atoms with Crippen LogP contribution in [0.3, 0.4) is 0 Å².